The van der Waals surface area contributed by atoms with Crippen LogP contribution in [0.4, 0.5) is 28.4 Å². The van der Waals surface area contributed by atoms with Crippen LogP contribution in [-0.2, 0) is 30.3 Å². The van der Waals surface area contributed by atoms with Crippen molar-refractivity contribution in [1.29, 1.82) is 0 Å². The molecule has 8 N–H and O–H groups in total. The maximum absolute atomic E-state index is 12.9. The topological polar surface area (TPSA) is 288 Å². The van der Waals surface area contributed by atoms with Crippen LogP contribution in [0.15, 0.2) is 79.5 Å². The molecule has 0 atom stereocenters. The lowest BCUT2D eigenvalue weighted by molar-refractivity contribution is 0.217. The number of benzene rings is 4. The van der Waals surface area contributed by atoms with Crippen molar-refractivity contribution >= 4 is 69.5 Å². The number of phenolic OH excluding ortho intramolecular Hbond substituents is 1. The predicted octanol–water partition coefficient (Wildman–Crippen LogP) is 2.77. The fourth-order valence-corrected chi connectivity index (χ4v) is 7.34. The number of methoxy groups -OCH3 is 2. The summed E-state index contributed by atoms with van der Waals surface area (Å²) in [7, 11) is -11.3. The third-order valence-electron chi connectivity index (χ3n) is 6.96. The van der Waals surface area contributed by atoms with Crippen molar-refractivity contribution in [2.75, 3.05) is 51.6 Å². The van der Waals surface area contributed by atoms with Gasteiger partial charge in [0.2, 0.25) is 10.0 Å². The van der Waals surface area contributed by atoms with E-state index in [0.717, 1.165) is 22.5 Å². The Morgan fingerprint density at radius 1 is 0.796 bits per heavy atom. The number of azo groups is 1. The van der Waals surface area contributed by atoms with E-state index in [1.807, 2.05) is 0 Å². The van der Waals surface area contributed by atoms with Crippen molar-refractivity contribution in [2.45, 2.75) is 14.7 Å². The molecule has 0 aliphatic heterocycles. The largest absolute Gasteiger partial charge is 0.505 e. The number of nitrogens with zero attached hydrogens (tertiary/aromatic N) is 3. The molecule has 0 aromatic heterocycles. The lowest BCUT2D eigenvalue weighted by Gasteiger charge is -2.20. The Balaban J connectivity index is 1.74. The zero-order valence-electron chi connectivity index (χ0n) is 25.7. The molecule has 0 bridgehead atoms. The van der Waals surface area contributed by atoms with Crippen LogP contribution in [-0.4, -0.2) is 94.5 Å². The van der Waals surface area contributed by atoms with Gasteiger partial charge in [0, 0.05) is 36.3 Å². The molecule has 4 aromatic carbocycles. The molecule has 264 valence electrons. The summed E-state index contributed by atoms with van der Waals surface area (Å²) < 4.78 is 105. The quantitative estimate of drug-likeness (QED) is 0.0423. The highest BCUT2D eigenvalue weighted by Gasteiger charge is 2.26. The first-order chi connectivity index (χ1) is 23.0. The molecule has 0 saturated carbocycles. The molecule has 0 aliphatic carbocycles. The van der Waals surface area contributed by atoms with E-state index in [9.17, 15) is 49.7 Å². The number of rotatable bonds is 14. The normalized spacial score (nSPS) is 12.6. The number of hydrogen-bond donors (Lipinski definition) is 7. The van der Waals surface area contributed by atoms with Crippen molar-refractivity contribution in [1.82, 2.24) is 4.31 Å². The number of aromatic hydroxyl groups is 1. The van der Waals surface area contributed by atoms with E-state index >= 15 is 0 Å². The van der Waals surface area contributed by atoms with Gasteiger partial charge in [0.1, 0.15) is 33.5 Å². The van der Waals surface area contributed by atoms with E-state index in [-0.39, 0.29) is 63.0 Å². The minimum atomic E-state index is -5.08. The molecule has 0 unspecified atom stereocenters. The Morgan fingerprint density at radius 3 is 1.94 bits per heavy atom. The molecule has 0 saturated heterocycles. The average Bonchev–Trinajstić information content (AvgIpc) is 3.03. The van der Waals surface area contributed by atoms with Gasteiger partial charge in [-0.25, -0.2) is 8.42 Å². The Kier molecular flexibility index (Phi) is 11.0. The van der Waals surface area contributed by atoms with Crippen molar-refractivity contribution in [3.8, 4) is 17.2 Å². The zero-order valence-corrected chi connectivity index (χ0v) is 28.1. The van der Waals surface area contributed by atoms with Gasteiger partial charge in [-0.2, -0.15) is 26.3 Å². The van der Waals surface area contributed by atoms with E-state index in [0.29, 0.717) is 0 Å². The van der Waals surface area contributed by atoms with Gasteiger partial charge in [0.15, 0.2) is 0 Å². The number of ether oxygens (including phenoxy) is 2. The van der Waals surface area contributed by atoms with E-state index < -0.39 is 64.7 Å². The van der Waals surface area contributed by atoms with E-state index in [1.54, 1.807) is 0 Å². The van der Waals surface area contributed by atoms with E-state index in [1.165, 1.54) is 50.6 Å². The summed E-state index contributed by atoms with van der Waals surface area (Å²) in [6, 6.07) is 10.5. The molecule has 0 radical (unpaired) electrons. The number of fused-ring (bicyclic) bond motifs is 1. The Bertz CT molecular complexity index is 2240. The van der Waals surface area contributed by atoms with Crippen LogP contribution >= 0.6 is 0 Å². The number of sulfonamides is 1. The molecule has 0 fully saturated rings. The number of nitrogen functional groups attached to an aromatic ring is 1. The standard InChI is InChI=1S/C28H31N5O13S3/c1-45-23-15-22(32-31-17-3-5-18(6-4-17)47(37,38)33(7-9-34)8-10-35)24(46-2)14-21(23)30-27-25(49(42,43)44)12-16-11-19(48(39,40)41)13-20(29)26(16)28(27)36/h3-6,11-15,30,34-36H,7-10,29H2,1-2H3,(H,39,40,41)(H,42,43,44). The molecule has 49 heavy (non-hydrogen) atoms. The number of phenols is 1. The average molecular weight is 742 g/mol. The highest BCUT2D eigenvalue weighted by Crippen LogP contribution is 2.46. The Morgan fingerprint density at radius 2 is 1.41 bits per heavy atom. The third-order valence-corrected chi connectivity index (χ3v) is 10.6. The van der Waals surface area contributed by atoms with Crippen LogP contribution in [0.1, 0.15) is 0 Å². The number of hydrogen-bond acceptors (Lipinski definition) is 15. The van der Waals surface area contributed by atoms with Crippen LogP contribution in [0.5, 0.6) is 17.2 Å². The minimum Gasteiger partial charge on any atom is -0.505 e. The van der Waals surface area contributed by atoms with Crippen LogP contribution in [0.2, 0.25) is 0 Å². The second-order valence-electron chi connectivity index (χ2n) is 10.1. The first kappa shape index (κ1) is 37.2. The lowest BCUT2D eigenvalue weighted by Crippen LogP contribution is -2.35. The molecule has 0 amide bonds. The van der Waals surface area contributed by atoms with E-state index in [2.05, 4.69) is 15.5 Å². The van der Waals surface area contributed by atoms with Crippen molar-refractivity contribution < 1.29 is 59.2 Å². The maximum atomic E-state index is 12.9. The molecular weight excluding hydrogens is 711 g/mol. The maximum Gasteiger partial charge on any atom is 0.296 e. The van der Waals surface area contributed by atoms with Crippen LogP contribution < -0.4 is 20.5 Å². The van der Waals surface area contributed by atoms with Crippen LogP contribution in [0.25, 0.3) is 10.8 Å². The van der Waals surface area contributed by atoms with Gasteiger partial charge < -0.3 is 35.8 Å². The number of anilines is 3. The lowest BCUT2D eigenvalue weighted by atomic mass is 10.1. The molecule has 0 heterocycles. The summed E-state index contributed by atoms with van der Waals surface area (Å²) in [5.74, 6) is -0.726. The van der Waals surface area contributed by atoms with Gasteiger partial charge in [-0.1, -0.05) is 0 Å². The summed E-state index contributed by atoms with van der Waals surface area (Å²) in [5.41, 5.74) is 5.36. The second kappa shape index (κ2) is 14.5. The number of aliphatic hydroxyl groups is 2. The van der Waals surface area contributed by atoms with E-state index in [4.69, 9.17) is 15.2 Å². The first-order valence-electron chi connectivity index (χ1n) is 13.8. The van der Waals surface area contributed by atoms with Crippen LogP contribution in [0.3, 0.4) is 0 Å². The molecule has 4 rings (SSSR count). The monoisotopic (exact) mass is 741 g/mol. The molecule has 0 spiro atoms. The van der Waals surface area contributed by atoms with Crippen molar-refractivity contribution in [3.05, 3.63) is 54.6 Å². The van der Waals surface area contributed by atoms with Crippen molar-refractivity contribution in [3.63, 3.8) is 0 Å². The number of nitrogens with two attached hydrogens (primary N) is 1. The fraction of sp³-hybridized carbons (Fsp3) is 0.214. The summed E-state index contributed by atoms with van der Waals surface area (Å²) in [4.78, 5) is -1.67. The Hall–Kier alpha value is -4.61. The van der Waals surface area contributed by atoms with Gasteiger partial charge in [0.05, 0.1) is 48.6 Å². The number of nitrogens with one attached hydrogen (secondary N) is 1. The molecular formula is C28H31N5O13S3. The van der Waals surface area contributed by atoms with Crippen LogP contribution in [0, 0.1) is 0 Å². The van der Waals surface area contributed by atoms with Gasteiger partial charge in [0.25, 0.3) is 20.2 Å². The smallest absolute Gasteiger partial charge is 0.296 e. The number of aliphatic hydroxyl groups excluding tert-OH is 2. The highest BCUT2D eigenvalue weighted by atomic mass is 32.2. The second-order valence-corrected chi connectivity index (χ2v) is 14.8. The summed E-state index contributed by atoms with van der Waals surface area (Å²) >= 11 is 0. The summed E-state index contributed by atoms with van der Waals surface area (Å²) in [5, 5.41) is 40.0. The summed E-state index contributed by atoms with van der Waals surface area (Å²) in [6.07, 6.45) is 0. The summed E-state index contributed by atoms with van der Waals surface area (Å²) in [6.45, 7) is -1.29. The first-order valence-corrected chi connectivity index (χ1v) is 18.1. The van der Waals surface area contributed by atoms with Crippen molar-refractivity contribution in [2.24, 2.45) is 10.2 Å². The van der Waals surface area contributed by atoms with Gasteiger partial charge in [-0.3, -0.25) is 9.11 Å². The van der Waals surface area contributed by atoms with Gasteiger partial charge in [-0.15, -0.1) is 5.11 Å². The molecule has 21 heteroatoms. The third kappa shape index (κ3) is 8.00. The minimum absolute atomic E-state index is 0.00384. The fourth-order valence-electron chi connectivity index (χ4n) is 4.69. The zero-order chi connectivity index (χ0) is 36.3. The van der Waals surface area contributed by atoms with Gasteiger partial charge >= 0.3 is 0 Å². The predicted molar refractivity (Wildman–Crippen MR) is 176 cm³/mol. The molecule has 0 aliphatic rings. The van der Waals surface area contributed by atoms with Gasteiger partial charge in [-0.05, 0) is 47.9 Å². The molecule has 18 nitrogen and oxygen atoms in total. The highest BCUT2D eigenvalue weighted by molar-refractivity contribution is 7.89. The SMILES string of the molecule is COc1cc(Nc2c(S(=O)(=O)O)cc3cc(S(=O)(=O)O)cc(N)c3c2O)c(OC)cc1N=Nc1ccc(S(=O)(=O)N(CCO)CCO)cc1. The Labute approximate surface area is 280 Å². The molecule has 4 aromatic rings.